The predicted molar refractivity (Wildman–Crippen MR) is 84.2 cm³/mol. The van der Waals surface area contributed by atoms with Crippen molar-refractivity contribution in [3.63, 3.8) is 0 Å². The molecule has 4 nitrogen and oxygen atoms in total. The van der Waals surface area contributed by atoms with Crippen molar-refractivity contribution < 1.29 is 0 Å². The molecule has 3 rings (SSSR count). The summed E-state index contributed by atoms with van der Waals surface area (Å²) in [6.07, 6.45) is 10.9. The largest absolute Gasteiger partial charge is 0.268 e. The van der Waals surface area contributed by atoms with E-state index in [9.17, 15) is 5.26 Å². The number of aromatic nitrogens is 2. The van der Waals surface area contributed by atoms with Gasteiger partial charge in [0.1, 0.15) is 0 Å². The molecule has 1 atom stereocenters. The second kappa shape index (κ2) is 6.97. The summed E-state index contributed by atoms with van der Waals surface area (Å²) in [6.45, 7) is 0.699. The van der Waals surface area contributed by atoms with Crippen molar-refractivity contribution in [1.29, 1.82) is 10.5 Å². The van der Waals surface area contributed by atoms with Crippen LogP contribution in [0.25, 0.3) is 0 Å². The molecule has 1 fully saturated rings. The van der Waals surface area contributed by atoms with Gasteiger partial charge in [-0.15, -0.1) is 0 Å². The smallest absolute Gasteiger partial charge is 0.0693 e. The summed E-state index contributed by atoms with van der Waals surface area (Å²) in [4.78, 5) is 0. The molecular formula is C18H24N4. The van der Waals surface area contributed by atoms with E-state index in [1.54, 1.807) is 0 Å². The number of nitriles is 2. The Morgan fingerprint density at radius 2 is 1.86 bits per heavy atom. The highest BCUT2D eigenvalue weighted by atomic mass is 15.3. The molecule has 1 aromatic heterocycles. The van der Waals surface area contributed by atoms with E-state index in [0.717, 1.165) is 19.3 Å². The highest BCUT2D eigenvalue weighted by molar-refractivity contribution is 5.36. The summed E-state index contributed by atoms with van der Waals surface area (Å²) in [5, 5.41) is 23.0. The Hall–Kier alpha value is -1.81. The topological polar surface area (TPSA) is 65.4 Å². The van der Waals surface area contributed by atoms with Crippen molar-refractivity contribution in [2.24, 2.45) is 0 Å². The van der Waals surface area contributed by atoms with Gasteiger partial charge in [-0.05, 0) is 32.1 Å². The third kappa shape index (κ3) is 2.88. The van der Waals surface area contributed by atoms with Crippen molar-refractivity contribution in [2.75, 3.05) is 0 Å². The summed E-state index contributed by atoms with van der Waals surface area (Å²) in [6, 6.07) is 4.61. The van der Waals surface area contributed by atoms with E-state index in [1.807, 2.05) is 0 Å². The lowest BCUT2D eigenvalue weighted by molar-refractivity contribution is 0.427. The number of hydrogen-bond acceptors (Lipinski definition) is 3. The molecule has 1 saturated carbocycles. The van der Waals surface area contributed by atoms with Crippen LogP contribution in [-0.2, 0) is 13.0 Å². The number of hydrogen-bond donors (Lipinski definition) is 0. The van der Waals surface area contributed by atoms with Crippen molar-refractivity contribution in [3.05, 3.63) is 17.0 Å². The third-order valence-corrected chi connectivity index (χ3v) is 5.27. The van der Waals surface area contributed by atoms with Gasteiger partial charge in [-0.3, -0.25) is 4.68 Å². The summed E-state index contributed by atoms with van der Waals surface area (Å²) in [5.41, 5.74) is 3.98. The maximum Gasteiger partial charge on any atom is 0.0693 e. The first kappa shape index (κ1) is 15.1. The Labute approximate surface area is 132 Å². The molecule has 0 N–H and O–H groups in total. The molecule has 4 heteroatoms. The van der Waals surface area contributed by atoms with Crippen molar-refractivity contribution in [2.45, 2.75) is 82.6 Å². The summed E-state index contributed by atoms with van der Waals surface area (Å²) >= 11 is 0. The first-order valence-electron chi connectivity index (χ1n) is 8.68. The first-order chi connectivity index (χ1) is 10.8. The van der Waals surface area contributed by atoms with Crippen molar-refractivity contribution in [1.82, 2.24) is 9.78 Å². The minimum Gasteiger partial charge on any atom is -0.268 e. The van der Waals surface area contributed by atoms with E-state index in [0.29, 0.717) is 31.2 Å². The van der Waals surface area contributed by atoms with Crippen LogP contribution in [-0.4, -0.2) is 9.78 Å². The molecule has 0 bridgehead atoms. The van der Waals surface area contributed by atoms with Gasteiger partial charge >= 0.3 is 0 Å². The van der Waals surface area contributed by atoms with Gasteiger partial charge in [0.25, 0.3) is 0 Å². The molecule has 0 aliphatic heterocycles. The molecule has 0 radical (unpaired) electrons. The van der Waals surface area contributed by atoms with Crippen LogP contribution in [0.15, 0.2) is 0 Å². The fourth-order valence-corrected chi connectivity index (χ4v) is 4.23. The Morgan fingerprint density at radius 1 is 1.05 bits per heavy atom. The number of rotatable bonds is 4. The summed E-state index contributed by atoms with van der Waals surface area (Å²) in [5.74, 6) is 0.937. The molecule has 2 aliphatic rings. The molecule has 0 spiro atoms. The fourth-order valence-electron chi connectivity index (χ4n) is 4.23. The van der Waals surface area contributed by atoms with E-state index in [-0.39, 0.29) is 0 Å². The lowest BCUT2D eigenvalue weighted by Gasteiger charge is -2.26. The average Bonchev–Trinajstić information content (AvgIpc) is 2.94. The quantitative estimate of drug-likeness (QED) is 0.837. The first-order valence-corrected chi connectivity index (χ1v) is 8.68. The van der Waals surface area contributed by atoms with Gasteiger partial charge < -0.3 is 0 Å². The highest BCUT2D eigenvalue weighted by Gasteiger charge is 2.32. The SMILES string of the molecule is N#CCCn1nc(C2CCCCC2)c2c1CCCC2CC#N. The van der Waals surface area contributed by atoms with E-state index >= 15 is 0 Å². The molecule has 1 unspecified atom stereocenters. The molecule has 0 aromatic carbocycles. The molecule has 1 heterocycles. The van der Waals surface area contributed by atoms with Gasteiger partial charge in [-0.1, -0.05) is 19.3 Å². The van der Waals surface area contributed by atoms with Crippen LogP contribution in [0.1, 0.15) is 86.6 Å². The minimum absolute atomic E-state index is 0.363. The lowest BCUT2D eigenvalue weighted by Crippen LogP contribution is -2.14. The Balaban J connectivity index is 1.98. The van der Waals surface area contributed by atoms with Gasteiger partial charge in [0, 0.05) is 29.5 Å². The number of nitrogens with zero attached hydrogens (tertiary/aromatic N) is 4. The number of fused-ring (bicyclic) bond motifs is 1. The summed E-state index contributed by atoms with van der Waals surface area (Å²) in [7, 11) is 0. The van der Waals surface area contributed by atoms with Crippen LogP contribution in [0.4, 0.5) is 0 Å². The molecule has 0 amide bonds. The average molecular weight is 296 g/mol. The zero-order chi connectivity index (χ0) is 15.4. The fraction of sp³-hybridized carbons (Fsp3) is 0.722. The van der Waals surface area contributed by atoms with Crippen LogP contribution < -0.4 is 0 Å². The monoisotopic (exact) mass is 296 g/mol. The second-order valence-corrected chi connectivity index (χ2v) is 6.66. The van der Waals surface area contributed by atoms with Gasteiger partial charge in [0.2, 0.25) is 0 Å². The third-order valence-electron chi connectivity index (χ3n) is 5.27. The van der Waals surface area contributed by atoms with Gasteiger partial charge in [0.15, 0.2) is 0 Å². The minimum atomic E-state index is 0.363. The predicted octanol–water partition coefficient (Wildman–Crippen LogP) is 4.18. The summed E-state index contributed by atoms with van der Waals surface area (Å²) < 4.78 is 2.09. The molecule has 1 aromatic rings. The van der Waals surface area contributed by atoms with Crippen LogP contribution in [0, 0.1) is 22.7 Å². The van der Waals surface area contributed by atoms with Gasteiger partial charge in [-0.2, -0.15) is 15.6 Å². The molecule has 116 valence electrons. The van der Waals surface area contributed by atoms with Crippen LogP contribution in [0.2, 0.25) is 0 Å². The zero-order valence-electron chi connectivity index (χ0n) is 13.2. The Kier molecular flexibility index (Phi) is 4.78. The second-order valence-electron chi connectivity index (χ2n) is 6.66. The standard InChI is InChI=1S/C18H24N4/c19-11-5-13-22-16-9-4-8-14(10-12-20)17(16)18(21-22)15-6-2-1-3-7-15/h14-15H,1-10,13H2. The lowest BCUT2D eigenvalue weighted by atomic mass is 9.78. The van der Waals surface area contributed by atoms with E-state index < -0.39 is 0 Å². The van der Waals surface area contributed by atoms with Gasteiger partial charge in [0.05, 0.1) is 30.8 Å². The van der Waals surface area contributed by atoms with Gasteiger partial charge in [-0.25, -0.2) is 0 Å². The Morgan fingerprint density at radius 3 is 2.59 bits per heavy atom. The molecular weight excluding hydrogens is 272 g/mol. The molecule has 22 heavy (non-hydrogen) atoms. The zero-order valence-corrected chi connectivity index (χ0v) is 13.2. The van der Waals surface area contributed by atoms with E-state index in [1.165, 1.54) is 49.1 Å². The maximum atomic E-state index is 9.17. The highest BCUT2D eigenvalue weighted by Crippen LogP contribution is 2.42. The van der Waals surface area contributed by atoms with Crippen LogP contribution >= 0.6 is 0 Å². The van der Waals surface area contributed by atoms with Crippen LogP contribution in [0.3, 0.4) is 0 Å². The van der Waals surface area contributed by atoms with E-state index in [4.69, 9.17) is 10.4 Å². The normalized spacial score (nSPS) is 21.8. The maximum absolute atomic E-state index is 9.17. The van der Waals surface area contributed by atoms with Crippen molar-refractivity contribution >= 4 is 0 Å². The Bertz CT molecular complexity index is 596. The van der Waals surface area contributed by atoms with E-state index in [2.05, 4.69) is 16.8 Å². The van der Waals surface area contributed by atoms with Crippen LogP contribution in [0.5, 0.6) is 0 Å². The molecule has 2 aliphatic carbocycles. The van der Waals surface area contributed by atoms with Crippen molar-refractivity contribution in [3.8, 4) is 12.1 Å². The number of aryl methyl sites for hydroxylation is 1. The molecule has 0 saturated heterocycles.